The summed E-state index contributed by atoms with van der Waals surface area (Å²) in [6, 6.07) is 26.4. The van der Waals surface area contributed by atoms with Crippen LogP contribution in [0.3, 0.4) is 0 Å². The summed E-state index contributed by atoms with van der Waals surface area (Å²) in [4.78, 5) is 1.80. The number of hydrogen-bond donors (Lipinski definition) is 1. The predicted molar refractivity (Wildman–Crippen MR) is 174 cm³/mol. The van der Waals surface area contributed by atoms with Crippen LogP contribution < -0.4 is 14.2 Å². The van der Waals surface area contributed by atoms with Crippen LogP contribution >= 0.6 is 11.8 Å². The Balaban J connectivity index is 1.40. The highest BCUT2D eigenvalue weighted by Gasteiger charge is 2.27. The molecule has 0 saturated heterocycles. The van der Waals surface area contributed by atoms with Crippen LogP contribution in [0.5, 0.6) is 5.75 Å². The summed E-state index contributed by atoms with van der Waals surface area (Å²) < 4.78 is 41.1. The standard InChI is InChI=1S/C34H34N2O4S2/c1-26(13-15-28-19-21-35(20-8-23-41-2)31-12-7-6-11-30(28)31)14-18-34-36(22-24-42(37,38)39)32-25-29(16-17-33(32)40-34)27-9-4-3-5-10-27/h3-7,9-19,21,25H,8,20,22-24H2,1-2H3/p+1. The van der Waals surface area contributed by atoms with Crippen molar-refractivity contribution in [1.82, 2.24) is 0 Å². The average molecular weight is 600 g/mol. The lowest BCUT2D eigenvalue weighted by atomic mass is 10.0. The summed E-state index contributed by atoms with van der Waals surface area (Å²) in [5.74, 6) is 1.87. The molecule has 1 aliphatic rings. The van der Waals surface area contributed by atoms with Crippen LogP contribution in [0.15, 0.2) is 115 Å². The maximum atomic E-state index is 11.6. The molecule has 0 spiro atoms. The van der Waals surface area contributed by atoms with Gasteiger partial charge < -0.3 is 9.64 Å². The summed E-state index contributed by atoms with van der Waals surface area (Å²) in [5.41, 5.74) is 6.15. The van der Waals surface area contributed by atoms with E-state index in [4.69, 9.17) is 4.74 Å². The van der Waals surface area contributed by atoms with Crippen LogP contribution in [0.25, 0.3) is 28.1 Å². The molecule has 3 aromatic carbocycles. The van der Waals surface area contributed by atoms with E-state index >= 15 is 0 Å². The van der Waals surface area contributed by atoms with Gasteiger partial charge in [0.1, 0.15) is 6.54 Å². The van der Waals surface area contributed by atoms with E-state index in [1.54, 1.807) is 4.90 Å². The minimum atomic E-state index is -4.15. The summed E-state index contributed by atoms with van der Waals surface area (Å²) in [7, 11) is -4.15. The molecule has 0 radical (unpaired) electrons. The molecule has 0 aliphatic carbocycles. The van der Waals surface area contributed by atoms with E-state index in [0.717, 1.165) is 46.7 Å². The Bertz CT molecular complexity index is 1760. The van der Waals surface area contributed by atoms with Crippen LogP contribution in [0, 0.1) is 0 Å². The van der Waals surface area contributed by atoms with Crippen molar-refractivity contribution in [1.29, 1.82) is 0 Å². The third-order valence-corrected chi connectivity index (χ3v) is 8.53. The fourth-order valence-electron chi connectivity index (χ4n) is 4.98. The van der Waals surface area contributed by atoms with Crippen LogP contribution in [-0.2, 0) is 16.7 Å². The van der Waals surface area contributed by atoms with Crippen molar-refractivity contribution >= 4 is 44.5 Å². The zero-order valence-corrected chi connectivity index (χ0v) is 25.4. The van der Waals surface area contributed by atoms with Gasteiger partial charge in [-0.1, -0.05) is 72.3 Å². The molecule has 5 rings (SSSR count). The first kappa shape index (κ1) is 29.6. The van der Waals surface area contributed by atoms with Gasteiger partial charge >= 0.3 is 0 Å². The van der Waals surface area contributed by atoms with Gasteiger partial charge in [-0.25, -0.2) is 0 Å². The van der Waals surface area contributed by atoms with Gasteiger partial charge in [0.05, 0.1) is 16.8 Å². The highest BCUT2D eigenvalue weighted by molar-refractivity contribution is 7.98. The second kappa shape index (κ2) is 13.4. The van der Waals surface area contributed by atoms with Crippen molar-refractivity contribution < 1.29 is 22.3 Å². The summed E-state index contributed by atoms with van der Waals surface area (Å²) in [5, 5.41) is 1.20. The largest absolute Gasteiger partial charge is 0.439 e. The summed E-state index contributed by atoms with van der Waals surface area (Å²) in [6.45, 7) is 3.06. The summed E-state index contributed by atoms with van der Waals surface area (Å²) >= 11 is 1.87. The van der Waals surface area contributed by atoms with Crippen molar-refractivity contribution in [3.8, 4) is 16.9 Å². The quantitative estimate of drug-likeness (QED) is 0.0856. The topological polar surface area (TPSA) is 70.7 Å². The van der Waals surface area contributed by atoms with E-state index in [-0.39, 0.29) is 6.54 Å². The van der Waals surface area contributed by atoms with E-state index in [1.165, 1.54) is 10.9 Å². The Morgan fingerprint density at radius 2 is 1.81 bits per heavy atom. The first-order valence-electron chi connectivity index (χ1n) is 13.9. The van der Waals surface area contributed by atoms with Crippen molar-refractivity contribution in [3.05, 3.63) is 120 Å². The molecule has 4 aromatic rings. The lowest BCUT2D eigenvalue weighted by Crippen LogP contribution is -2.34. The van der Waals surface area contributed by atoms with Gasteiger partial charge in [0, 0.05) is 25.1 Å². The zero-order valence-electron chi connectivity index (χ0n) is 23.8. The molecule has 1 aliphatic heterocycles. The lowest BCUT2D eigenvalue weighted by molar-refractivity contribution is -0.671. The number of anilines is 1. The molecular weight excluding hydrogens is 565 g/mol. The summed E-state index contributed by atoms with van der Waals surface area (Å²) in [6.07, 6.45) is 13.4. The zero-order chi connectivity index (χ0) is 29.5. The maximum Gasteiger partial charge on any atom is 0.266 e. The molecular formula is C34H35N2O4S2+. The van der Waals surface area contributed by atoms with Crippen molar-refractivity contribution in [2.45, 2.75) is 19.9 Å². The van der Waals surface area contributed by atoms with Crippen molar-refractivity contribution in [3.63, 3.8) is 0 Å². The fourth-order valence-corrected chi connectivity index (χ4v) is 5.81. The van der Waals surface area contributed by atoms with Gasteiger partial charge in [-0.2, -0.15) is 24.7 Å². The normalized spacial score (nSPS) is 14.6. The number of hydrogen-bond acceptors (Lipinski definition) is 5. The Hall–Kier alpha value is -3.85. The first-order valence-corrected chi connectivity index (χ1v) is 16.9. The maximum absolute atomic E-state index is 11.6. The highest BCUT2D eigenvalue weighted by atomic mass is 32.2. The molecule has 216 valence electrons. The molecule has 0 atom stereocenters. The van der Waals surface area contributed by atoms with Crippen LogP contribution in [0.2, 0.25) is 0 Å². The number of thioether (sulfide) groups is 1. The SMILES string of the molecule is CSCCC[n+]1ccc(C=CC(C)=CC=C2Oc3ccc(-c4ccccc4)cc3N2CCS(=O)(=O)O)c2ccccc21. The molecule has 42 heavy (non-hydrogen) atoms. The molecule has 0 saturated carbocycles. The Morgan fingerprint density at radius 1 is 1.02 bits per heavy atom. The fraction of sp³-hybridized carbons (Fsp3) is 0.206. The third-order valence-electron chi connectivity index (χ3n) is 7.13. The van der Waals surface area contributed by atoms with Crippen LogP contribution in [-0.4, -0.2) is 37.3 Å². The van der Waals surface area contributed by atoms with E-state index in [1.807, 2.05) is 79.4 Å². The molecule has 0 amide bonds. The molecule has 6 nitrogen and oxygen atoms in total. The van der Waals surface area contributed by atoms with Crippen LogP contribution in [0.4, 0.5) is 5.69 Å². The van der Waals surface area contributed by atoms with Crippen LogP contribution in [0.1, 0.15) is 18.9 Å². The average Bonchev–Trinajstić information content (AvgIpc) is 3.35. The van der Waals surface area contributed by atoms with Gasteiger partial charge in [0.15, 0.2) is 11.9 Å². The van der Waals surface area contributed by atoms with E-state index in [0.29, 0.717) is 11.6 Å². The van der Waals surface area contributed by atoms with E-state index in [2.05, 4.69) is 59.5 Å². The van der Waals surface area contributed by atoms with Gasteiger partial charge in [0.25, 0.3) is 10.1 Å². The minimum absolute atomic E-state index is 0.0611. The predicted octanol–water partition coefficient (Wildman–Crippen LogP) is 7.14. The smallest absolute Gasteiger partial charge is 0.266 e. The number of rotatable bonds is 11. The highest BCUT2D eigenvalue weighted by Crippen LogP contribution is 2.41. The van der Waals surface area contributed by atoms with Gasteiger partial charge in [-0.3, -0.25) is 4.55 Å². The third kappa shape index (κ3) is 7.31. The number of ether oxygens (including phenoxy) is 1. The van der Waals surface area contributed by atoms with Gasteiger partial charge in [0.2, 0.25) is 11.4 Å². The lowest BCUT2D eigenvalue weighted by Gasteiger charge is -2.17. The number of aromatic nitrogens is 1. The van der Waals surface area contributed by atoms with Gasteiger partial charge in [-0.15, -0.1) is 0 Å². The number of pyridine rings is 1. The number of allylic oxidation sites excluding steroid dienone is 4. The molecule has 0 fully saturated rings. The monoisotopic (exact) mass is 599 g/mol. The van der Waals surface area contributed by atoms with Crippen molar-refractivity contribution in [2.24, 2.45) is 0 Å². The second-order valence-corrected chi connectivity index (χ2v) is 12.7. The molecule has 0 unspecified atom stereocenters. The second-order valence-electron chi connectivity index (χ2n) is 10.2. The number of aryl methyl sites for hydroxylation is 1. The molecule has 8 heteroatoms. The number of benzene rings is 3. The first-order chi connectivity index (χ1) is 20.3. The Labute approximate surface area is 252 Å². The number of nitrogens with zero attached hydrogens (tertiary/aromatic N) is 2. The van der Waals surface area contributed by atoms with Crippen molar-refractivity contribution in [2.75, 3.05) is 29.2 Å². The van der Waals surface area contributed by atoms with E-state index in [9.17, 15) is 13.0 Å². The van der Waals surface area contributed by atoms with Gasteiger partial charge in [-0.05, 0) is 59.9 Å². The molecule has 1 aromatic heterocycles. The Kier molecular flexibility index (Phi) is 9.47. The number of para-hydroxylation sites is 1. The minimum Gasteiger partial charge on any atom is -0.439 e. The molecule has 0 bridgehead atoms. The Morgan fingerprint density at radius 3 is 2.60 bits per heavy atom. The van der Waals surface area contributed by atoms with E-state index < -0.39 is 15.9 Å². The number of fused-ring (bicyclic) bond motifs is 2. The molecule has 2 heterocycles. The molecule has 1 N–H and O–H groups in total.